The fourth-order valence-corrected chi connectivity index (χ4v) is 4.24. The van der Waals surface area contributed by atoms with Gasteiger partial charge in [-0.3, -0.25) is 9.59 Å². The number of thioether (sulfide) groups is 1. The van der Waals surface area contributed by atoms with Crippen LogP contribution in [-0.2, 0) is 16.1 Å². The van der Waals surface area contributed by atoms with Gasteiger partial charge in [0.05, 0.1) is 23.3 Å². The second-order valence-corrected chi connectivity index (χ2v) is 8.27. The van der Waals surface area contributed by atoms with E-state index in [0.717, 1.165) is 21.9 Å². The number of Topliss-reactive ketones (excluding diaryl/α,β-unsaturated/α-hetero) is 1. The number of ketones is 1. The summed E-state index contributed by atoms with van der Waals surface area (Å²) in [6.07, 6.45) is 1.05. The highest BCUT2D eigenvalue weighted by atomic mass is 35.5. The van der Waals surface area contributed by atoms with Gasteiger partial charge in [-0.15, -0.1) is 0 Å². The number of ether oxygens (including phenoxy) is 1. The summed E-state index contributed by atoms with van der Waals surface area (Å²) in [5.41, 5.74) is 2.93. The number of methoxy groups -OCH3 is 1. The molecule has 3 aromatic rings. The number of carbonyl (C=O) groups is 2. The second kappa shape index (κ2) is 10.6. The Bertz CT molecular complexity index is 1050. The van der Waals surface area contributed by atoms with Crippen molar-refractivity contribution < 1.29 is 14.3 Å². The standard InChI is InChI=1S/C22H24ClN3O3S/c1-15(27)17-6-3-4-7-18(17)24-21(28)8-5-13-30-22-25-19-14-16(23)9-10-20(19)26(22)11-12-29-2/h3-4,6-7,9-10,14H,5,8,11-13H2,1-2H3,(H,24,28). The number of para-hydroxylation sites is 1. The van der Waals surface area contributed by atoms with Crippen LogP contribution in [0.3, 0.4) is 0 Å². The molecular weight excluding hydrogens is 422 g/mol. The Labute approximate surface area is 185 Å². The quantitative estimate of drug-likeness (QED) is 0.268. The molecule has 0 aliphatic rings. The van der Waals surface area contributed by atoms with Crippen LogP contribution in [0, 0.1) is 0 Å². The highest BCUT2D eigenvalue weighted by Crippen LogP contribution is 2.27. The first kappa shape index (κ1) is 22.3. The summed E-state index contributed by atoms with van der Waals surface area (Å²) in [7, 11) is 1.67. The van der Waals surface area contributed by atoms with E-state index in [2.05, 4.69) is 14.9 Å². The minimum Gasteiger partial charge on any atom is -0.383 e. The molecule has 0 bridgehead atoms. The van der Waals surface area contributed by atoms with Gasteiger partial charge in [0.25, 0.3) is 0 Å². The number of benzene rings is 2. The molecule has 0 aliphatic carbocycles. The summed E-state index contributed by atoms with van der Waals surface area (Å²) in [5.74, 6) is 0.562. The zero-order valence-electron chi connectivity index (χ0n) is 17.0. The second-order valence-electron chi connectivity index (χ2n) is 6.77. The van der Waals surface area contributed by atoms with Gasteiger partial charge in [-0.2, -0.15) is 0 Å². The Kier molecular flexibility index (Phi) is 7.90. The van der Waals surface area contributed by atoms with Gasteiger partial charge in [-0.05, 0) is 43.7 Å². The number of amides is 1. The van der Waals surface area contributed by atoms with Crippen LogP contribution < -0.4 is 5.32 Å². The molecule has 30 heavy (non-hydrogen) atoms. The predicted octanol–water partition coefficient (Wildman–Crippen LogP) is 5.05. The molecule has 0 saturated heterocycles. The van der Waals surface area contributed by atoms with Crippen LogP contribution in [0.15, 0.2) is 47.6 Å². The molecule has 0 unspecified atom stereocenters. The van der Waals surface area contributed by atoms with Crippen molar-refractivity contribution in [1.29, 1.82) is 0 Å². The van der Waals surface area contributed by atoms with Crippen LogP contribution >= 0.6 is 23.4 Å². The highest BCUT2D eigenvalue weighted by molar-refractivity contribution is 7.99. The van der Waals surface area contributed by atoms with Gasteiger partial charge in [0.15, 0.2) is 10.9 Å². The van der Waals surface area contributed by atoms with Crippen LogP contribution in [0.1, 0.15) is 30.1 Å². The number of hydrogen-bond donors (Lipinski definition) is 1. The van der Waals surface area contributed by atoms with Gasteiger partial charge in [-0.25, -0.2) is 4.98 Å². The first-order valence-electron chi connectivity index (χ1n) is 9.67. The lowest BCUT2D eigenvalue weighted by Crippen LogP contribution is -2.14. The third kappa shape index (κ3) is 5.62. The van der Waals surface area contributed by atoms with Gasteiger partial charge >= 0.3 is 0 Å². The van der Waals surface area contributed by atoms with E-state index in [1.165, 1.54) is 6.92 Å². The van der Waals surface area contributed by atoms with Crippen molar-refractivity contribution in [2.75, 3.05) is 24.8 Å². The van der Waals surface area contributed by atoms with Gasteiger partial charge in [0.1, 0.15) is 0 Å². The van der Waals surface area contributed by atoms with Crippen molar-refractivity contribution >= 4 is 51.8 Å². The number of carbonyl (C=O) groups excluding carboxylic acids is 2. The van der Waals surface area contributed by atoms with Gasteiger partial charge < -0.3 is 14.6 Å². The highest BCUT2D eigenvalue weighted by Gasteiger charge is 2.13. The number of nitrogens with zero attached hydrogens (tertiary/aromatic N) is 2. The van der Waals surface area contributed by atoms with Crippen LogP contribution in [0.25, 0.3) is 11.0 Å². The average Bonchev–Trinajstić information content (AvgIpc) is 3.06. The van der Waals surface area contributed by atoms with Crippen molar-refractivity contribution in [3.05, 3.63) is 53.1 Å². The van der Waals surface area contributed by atoms with Gasteiger partial charge in [0, 0.05) is 36.4 Å². The van der Waals surface area contributed by atoms with E-state index < -0.39 is 0 Å². The fraction of sp³-hybridized carbons (Fsp3) is 0.318. The minimum atomic E-state index is -0.107. The average molecular weight is 446 g/mol. The SMILES string of the molecule is COCCn1c(SCCCC(=O)Nc2ccccc2C(C)=O)nc2cc(Cl)ccc21. The number of rotatable bonds is 10. The first-order chi connectivity index (χ1) is 14.5. The van der Waals surface area contributed by atoms with Crippen molar-refractivity contribution in [1.82, 2.24) is 9.55 Å². The smallest absolute Gasteiger partial charge is 0.224 e. The maximum Gasteiger partial charge on any atom is 0.224 e. The van der Waals surface area contributed by atoms with Crippen molar-refractivity contribution in [2.24, 2.45) is 0 Å². The number of aromatic nitrogens is 2. The first-order valence-corrected chi connectivity index (χ1v) is 11.0. The molecule has 6 nitrogen and oxygen atoms in total. The summed E-state index contributed by atoms with van der Waals surface area (Å²) < 4.78 is 7.34. The molecule has 1 N–H and O–H groups in total. The molecule has 0 aliphatic heterocycles. The lowest BCUT2D eigenvalue weighted by molar-refractivity contribution is -0.116. The molecule has 8 heteroatoms. The van der Waals surface area contributed by atoms with E-state index in [1.807, 2.05) is 18.2 Å². The van der Waals surface area contributed by atoms with Crippen LogP contribution in [-0.4, -0.2) is 40.7 Å². The molecule has 0 saturated carbocycles. The van der Waals surface area contributed by atoms with E-state index in [0.29, 0.717) is 42.3 Å². The molecule has 0 atom stereocenters. The summed E-state index contributed by atoms with van der Waals surface area (Å²) in [5, 5.41) is 4.37. The molecule has 0 fully saturated rings. The van der Waals surface area contributed by atoms with E-state index in [9.17, 15) is 9.59 Å². The third-order valence-electron chi connectivity index (χ3n) is 4.55. The summed E-state index contributed by atoms with van der Waals surface area (Å²) in [4.78, 5) is 28.7. The van der Waals surface area contributed by atoms with Gasteiger partial charge in [-0.1, -0.05) is 35.5 Å². The number of imidazole rings is 1. The molecule has 3 rings (SSSR count). The topological polar surface area (TPSA) is 73.2 Å². The Balaban J connectivity index is 1.58. The monoisotopic (exact) mass is 445 g/mol. The number of nitrogens with one attached hydrogen (secondary N) is 1. The normalized spacial score (nSPS) is 11.0. The van der Waals surface area contributed by atoms with Crippen LogP contribution in [0.2, 0.25) is 5.02 Å². The Morgan fingerprint density at radius 2 is 2.03 bits per heavy atom. The number of halogens is 1. The summed E-state index contributed by atoms with van der Waals surface area (Å²) in [6.45, 7) is 2.77. The third-order valence-corrected chi connectivity index (χ3v) is 5.85. The molecule has 158 valence electrons. The zero-order valence-corrected chi connectivity index (χ0v) is 18.6. The summed E-state index contributed by atoms with van der Waals surface area (Å²) >= 11 is 7.70. The van der Waals surface area contributed by atoms with E-state index in [4.69, 9.17) is 16.3 Å². The minimum absolute atomic E-state index is 0.0727. The molecule has 1 amide bonds. The molecule has 1 aromatic heterocycles. The largest absolute Gasteiger partial charge is 0.383 e. The zero-order chi connectivity index (χ0) is 21.5. The number of anilines is 1. The molecule has 0 spiro atoms. The number of fused-ring (bicyclic) bond motifs is 1. The molecule has 1 heterocycles. The molecule has 2 aromatic carbocycles. The lowest BCUT2D eigenvalue weighted by Gasteiger charge is -2.10. The van der Waals surface area contributed by atoms with Crippen LogP contribution in [0.4, 0.5) is 5.69 Å². The van der Waals surface area contributed by atoms with Crippen LogP contribution in [0.5, 0.6) is 0 Å². The van der Waals surface area contributed by atoms with Crippen molar-refractivity contribution in [2.45, 2.75) is 31.5 Å². The Hall–Kier alpha value is -2.35. The van der Waals surface area contributed by atoms with E-state index in [-0.39, 0.29) is 11.7 Å². The van der Waals surface area contributed by atoms with E-state index in [1.54, 1.807) is 43.1 Å². The van der Waals surface area contributed by atoms with Crippen molar-refractivity contribution in [3.8, 4) is 0 Å². The maximum atomic E-state index is 12.3. The predicted molar refractivity (Wildman–Crippen MR) is 122 cm³/mol. The molecular formula is C22H24ClN3O3S. The maximum absolute atomic E-state index is 12.3. The Morgan fingerprint density at radius 3 is 2.80 bits per heavy atom. The summed E-state index contributed by atoms with van der Waals surface area (Å²) in [6, 6.07) is 12.7. The van der Waals surface area contributed by atoms with Crippen molar-refractivity contribution in [3.63, 3.8) is 0 Å². The van der Waals surface area contributed by atoms with Gasteiger partial charge in [0.2, 0.25) is 5.91 Å². The fourth-order valence-electron chi connectivity index (χ4n) is 3.10. The molecule has 0 radical (unpaired) electrons. The number of hydrogen-bond acceptors (Lipinski definition) is 5. The Morgan fingerprint density at radius 1 is 1.23 bits per heavy atom. The van der Waals surface area contributed by atoms with E-state index >= 15 is 0 Å². The lowest BCUT2D eigenvalue weighted by atomic mass is 10.1.